The smallest absolute Gasteiger partial charge is 0.253 e. The number of aromatic nitrogens is 1. The van der Waals surface area contributed by atoms with Gasteiger partial charge in [0.25, 0.3) is 5.24 Å². The Kier molecular flexibility index (Phi) is 6.40. The van der Waals surface area contributed by atoms with Crippen LogP contribution < -0.4 is 5.32 Å². The summed E-state index contributed by atoms with van der Waals surface area (Å²) >= 11 is 5.19. The number of hydrogen-bond donors (Lipinski definition) is 1. The van der Waals surface area contributed by atoms with E-state index in [2.05, 4.69) is 29.4 Å². The third-order valence-corrected chi connectivity index (χ3v) is 2.45. The number of anilines is 1. The molecule has 0 spiro atoms. The van der Waals surface area contributed by atoms with Gasteiger partial charge in [-0.05, 0) is 30.7 Å². The lowest BCUT2D eigenvalue weighted by Crippen LogP contribution is -2.07. The van der Waals surface area contributed by atoms with Crippen LogP contribution in [0.15, 0.2) is 48.7 Å². The van der Waals surface area contributed by atoms with Crippen molar-refractivity contribution in [1.82, 2.24) is 4.98 Å². The first-order valence-corrected chi connectivity index (χ1v) is 6.32. The molecule has 5 heteroatoms. The van der Waals surface area contributed by atoms with Gasteiger partial charge in [-0.25, -0.2) is 4.98 Å². The molecule has 0 fully saturated rings. The first-order chi connectivity index (χ1) is 9.49. The fourth-order valence-electron chi connectivity index (χ4n) is 1.30. The Morgan fingerprint density at radius 1 is 1.10 bits per heavy atom. The first kappa shape index (κ1) is 15.9. The Morgan fingerprint density at radius 2 is 1.75 bits per heavy atom. The van der Waals surface area contributed by atoms with Crippen molar-refractivity contribution in [2.75, 3.05) is 5.32 Å². The van der Waals surface area contributed by atoms with E-state index in [0.29, 0.717) is 11.4 Å². The highest BCUT2D eigenvalue weighted by molar-refractivity contribution is 6.67. The van der Waals surface area contributed by atoms with Gasteiger partial charge in [-0.1, -0.05) is 35.9 Å². The van der Waals surface area contributed by atoms with Gasteiger partial charge in [0.05, 0.1) is 5.56 Å². The molecule has 0 aliphatic carbocycles. The molecule has 104 valence electrons. The van der Waals surface area contributed by atoms with Gasteiger partial charge in [0.15, 0.2) is 0 Å². The topological polar surface area (TPSA) is 59.1 Å². The first-order valence-electron chi connectivity index (χ1n) is 5.94. The van der Waals surface area contributed by atoms with Crippen LogP contribution in [0, 0.1) is 6.92 Å². The molecule has 1 heterocycles. The summed E-state index contributed by atoms with van der Waals surface area (Å²) in [6.07, 6.45) is 1.31. The molecule has 0 aliphatic rings. The number of carbonyl (C=O) groups is 2. The molecule has 20 heavy (non-hydrogen) atoms. The van der Waals surface area contributed by atoms with Crippen LogP contribution in [0.2, 0.25) is 0 Å². The van der Waals surface area contributed by atoms with Gasteiger partial charge in [-0.15, -0.1) is 0 Å². The average molecular weight is 291 g/mol. The predicted octanol–water partition coefficient (Wildman–Crippen LogP) is 3.41. The lowest BCUT2D eigenvalue weighted by molar-refractivity contribution is -0.114. The maximum absolute atomic E-state index is 10.6. The van der Waals surface area contributed by atoms with E-state index in [-0.39, 0.29) is 5.91 Å². The van der Waals surface area contributed by atoms with Crippen molar-refractivity contribution >= 4 is 28.6 Å². The molecule has 1 amide bonds. The van der Waals surface area contributed by atoms with Crippen LogP contribution in [0.1, 0.15) is 22.8 Å². The number of halogens is 1. The zero-order chi connectivity index (χ0) is 15.0. The number of hydrogen-bond acceptors (Lipinski definition) is 3. The molecule has 0 bridgehead atoms. The van der Waals surface area contributed by atoms with Crippen molar-refractivity contribution in [2.24, 2.45) is 0 Å². The van der Waals surface area contributed by atoms with Crippen LogP contribution in [0.3, 0.4) is 0 Å². The molecule has 4 nitrogen and oxygen atoms in total. The van der Waals surface area contributed by atoms with Gasteiger partial charge < -0.3 is 5.32 Å². The second-order valence-corrected chi connectivity index (χ2v) is 4.38. The highest BCUT2D eigenvalue weighted by atomic mass is 35.5. The average Bonchev–Trinajstić information content (AvgIpc) is 2.40. The number of aryl methyl sites for hydroxylation is 1. The second kappa shape index (κ2) is 8.07. The zero-order valence-electron chi connectivity index (χ0n) is 11.3. The van der Waals surface area contributed by atoms with Gasteiger partial charge in [-0.3, -0.25) is 9.59 Å². The van der Waals surface area contributed by atoms with Crippen molar-refractivity contribution in [3.05, 3.63) is 59.8 Å². The van der Waals surface area contributed by atoms with Gasteiger partial charge >= 0.3 is 0 Å². The minimum absolute atomic E-state index is 0.211. The highest BCUT2D eigenvalue weighted by Gasteiger charge is 2.02. The SMILES string of the molecule is CC(=O)Nc1ccc(C(=O)Cl)cn1.Cc1ccccc1. The normalized spacial score (nSPS) is 9.15. The number of rotatable bonds is 2. The lowest BCUT2D eigenvalue weighted by Gasteiger charge is -1.99. The van der Waals surface area contributed by atoms with Crippen LogP contribution in [0.4, 0.5) is 5.82 Å². The Morgan fingerprint density at radius 3 is 2.10 bits per heavy atom. The van der Waals surface area contributed by atoms with Crippen LogP contribution in [0.5, 0.6) is 0 Å². The molecule has 0 unspecified atom stereocenters. The molecule has 0 saturated carbocycles. The third kappa shape index (κ3) is 6.11. The molecule has 2 aromatic rings. The van der Waals surface area contributed by atoms with E-state index in [1.165, 1.54) is 30.8 Å². The van der Waals surface area contributed by atoms with E-state index in [0.717, 1.165) is 0 Å². The standard InChI is InChI=1S/C8H7ClN2O2.C7H8/c1-5(12)11-7-3-2-6(4-10-7)8(9)13;1-7-5-3-2-4-6-7/h2-4H,1H3,(H,10,11,12);2-6H,1H3. The molecule has 1 N–H and O–H groups in total. The fourth-order valence-corrected chi connectivity index (χ4v) is 1.41. The third-order valence-electron chi connectivity index (χ3n) is 2.23. The summed E-state index contributed by atoms with van der Waals surface area (Å²) in [5.74, 6) is 0.187. The monoisotopic (exact) mass is 290 g/mol. The molecule has 0 atom stereocenters. The molecule has 0 radical (unpaired) electrons. The Hall–Kier alpha value is -2.20. The quantitative estimate of drug-likeness (QED) is 0.862. The van der Waals surface area contributed by atoms with Crippen molar-refractivity contribution in [2.45, 2.75) is 13.8 Å². The predicted molar refractivity (Wildman–Crippen MR) is 79.9 cm³/mol. The Balaban J connectivity index is 0.000000240. The number of pyridine rings is 1. The molecule has 0 aliphatic heterocycles. The summed E-state index contributed by atoms with van der Waals surface area (Å²) in [7, 11) is 0. The van der Waals surface area contributed by atoms with E-state index in [1.54, 1.807) is 0 Å². The van der Waals surface area contributed by atoms with E-state index < -0.39 is 5.24 Å². The van der Waals surface area contributed by atoms with E-state index in [1.807, 2.05) is 18.2 Å². The van der Waals surface area contributed by atoms with Crippen LogP contribution >= 0.6 is 11.6 Å². The molecule has 0 saturated heterocycles. The lowest BCUT2D eigenvalue weighted by atomic mass is 10.2. The molecule has 1 aromatic carbocycles. The van der Waals surface area contributed by atoms with Crippen molar-refractivity contribution in [3.63, 3.8) is 0 Å². The van der Waals surface area contributed by atoms with Gasteiger partial charge in [-0.2, -0.15) is 0 Å². The maximum Gasteiger partial charge on any atom is 0.253 e. The molecule has 1 aromatic heterocycles. The summed E-state index contributed by atoms with van der Waals surface area (Å²) in [6.45, 7) is 3.46. The fraction of sp³-hybridized carbons (Fsp3) is 0.133. The Bertz CT molecular complexity index is 568. The number of carbonyl (C=O) groups excluding carboxylic acids is 2. The number of benzene rings is 1. The summed E-state index contributed by atoms with van der Waals surface area (Å²) in [5.41, 5.74) is 1.62. The highest BCUT2D eigenvalue weighted by Crippen LogP contribution is 2.06. The molecular formula is C15H15ClN2O2. The number of nitrogens with zero attached hydrogens (tertiary/aromatic N) is 1. The van der Waals surface area contributed by atoms with Gasteiger partial charge in [0.1, 0.15) is 5.82 Å². The van der Waals surface area contributed by atoms with E-state index in [4.69, 9.17) is 11.6 Å². The minimum atomic E-state index is -0.568. The van der Waals surface area contributed by atoms with Crippen LogP contribution in [-0.4, -0.2) is 16.1 Å². The van der Waals surface area contributed by atoms with E-state index >= 15 is 0 Å². The van der Waals surface area contributed by atoms with Crippen LogP contribution in [0.25, 0.3) is 0 Å². The molecular weight excluding hydrogens is 276 g/mol. The summed E-state index contributed by atoms with van der Waals surface area (Å²) < 4.78 is 0. The van der Waals surface area contributed by atoms with E-state index in [9.17, 15) is 9.59 Å². The summed E-state index contributed by atoms with van der Waals surface area (Å²) in [4.78, 5) is 25.0. The van der Waals surface area contributed by atoms with Crippen molar-refractivity contribution in [3.8, 4) is 0 Å². The van der Waals surface area contributed by atoms with Gasteiger partial charge in [0, 0.05) is 13.1 Å². The number of nitrogens with one attached hydrogen (secondary N) is 1. The van der Waals surface area contributed by atoms with Crippen molar-refractivity contribution in [1.29, 1.82) is 0 Å². The number of amides is 1. The van der Waals surface area contributed by atoms with Crippen LogP contribution in [-0.2, 0) is 4.79 Å². The van der Waals surface area contributed by atoms with Gasteiger partial charge in [0.2, 0.25) is 5.91 Å². The largest absolute Gasteiger partial charge is 0.311 e. The minimum Gasteiger partial charge on any atom is -0.311 e. The molecule has 2 rings (SSSR count). The van der Waals surface area contributed by atoms with Crippen molar-refractivity contribution < 1.29 is 9.59 Å². The Labute approximate surface area is 122 Å². The zero-order valence-corrected chi connectivity index (χ0v) is 12.0. The second-order valence-electron chi connectivity index (χ2n) is 4.04. The summed E-state index contributed by atoms with van der Waals surface area (Å²) in [6, 6.07) is 13.3. The summed E-state index contributed by atoms with van der Waals surface area (Å²) in [5, 5.41) is 1.90. The maximum atomic E-state index is 10.6.